The summed E-state index contributed by atoms with van der Waals surface area (Å²) in [7, 11) is 1.94. The fourth-order valence-corrected chi connectivity index (χ4v) is 3.40. The van der Waals surface area contributed by atoms with Crippen molar-refractivity contribution in [2.45, 2.75) is 5.92 Å². The highest BCUT2D eigenvalue weighted by molar-refractivity contribution is 6.03. The molecule has 2 atom stereocenters. The zero-order valence-corrected chi connectivity index (χ0v) is 15.1. The quantitative estimate of drug-likeness (QED) is 0.559. The number of hydrogen-bond acceptors (Lipinski definition) is 4. The largest absolute Gasteiger partial charge is 0.481 e. The molecule has 1 fully saturated rings. The summed E-state index contributed by atoms with van der Waals surface area (Å²) < 4.78 is 0. The fourth-order valence-electron chi connectivity index (χ4n) is 3.40. The second-order valence-electron chi connectivity index (χ2n) is 6.85. The minimum Gasteiger partial charge on any atom is -0.481 e. The molecule has 1 aliphatic heterocycles. The molecule has 0 radical (unpaired) electrons. The van der Waals surface area contributed by atoms with Gasteiger partial charge in [0, 0.05) is 25.1 Å². The molecule has 0 bridgehead atoms. The van der Waals surface area contributed by atoms with E-state index in [0.29, 0.717) is 17.9 Å². The van der Waals surface area contributed by atoms with Gasteiger partial charge in [0.1, 0.15) is 0 Å². The van der Waals surface area contributed by atoms with Crippen molar-refractivity contribution >= 4 is 29.3 Å². The van der Waals surface area contributed by atoms with Crippen LogP contribution in [-0.4, -0.2) is 42.0 Å². The average molecular weight is 365 g/mol. The van der Waals surface area contributed by atoms with E-state index in [4.69, 9.17) is 5.73 Å². The molecule has 0 saturated carbocycles. The second kappa shape index (κ2) is 8.05. The van der Waals surface area contributed by atoms with Crippen molar-refractivity contribution in [1.82, 2.24) is 4.90 Å². The number of anilines is 2. The number of carbonyl (C=O) groups is 2. The first-order valence-electron chi connectivity index (χ1n) is 8.79. The van der Waals surface area contributed by atoms with Gasteiger partial charge in [-0.05, 0) is 36.4 Å². The minimum atomic E-state index is -0.759. The van der Waals surface area contributed by atoms with E-state index in [0.717, 1.165) is 17.7 Å². The molecule has 1 aliphatic rings. The van der Waals surface area contributed by atoms with Crippen LogP contribution in [0.1, 0.15) is 17.0 Å². The summed E-state index contributed by atoms with van der Waals surface area (Å²) in [6, 6.07) is 14.7. The minimum absolute atomic E-state index is 0.0186. The maximum atomic E-state index is 12.0. The molecule has 2 aromatic rings. The molecule has 6 heteroatoms. The summed E-state index contributed by atoms with van der Waals surface area (Å²) in [6.07, 6.45) is 3.17. The fraction of sp³-hybridized carbons (Fsp3) is 0.238. The van der Waals surface area contributed by atoms with E-state index < -0.39 is 11.9 Å². The van der Waals surface area contributed by atoms with E-state index in [1.807, 2.05) is 36.2 Å². The van der Waals surface area contributed by atoms with E-state index >= 15 is 0 Å². The molecule has 0 aliphatic carbocycles. The van der Waals surface area contributed by atoms with Gasteiger partial charge >= 0.3 is 5.97 Å². The summed E-state index contributed by atoms with van der Waals surface area (Å²) in [6.45, 7) is 1.29. The van der Waals surface area contributed by atoms with Crippen molar-refractivity contribution in [1.29, 1.82) is 0 Å². The summed E-state index contributed by atoms with van der Waals surface area (Å²) >= 11 is 0. The Morgan fingerprint density at radius 1 is 1.15 bits per heavy atom. The Kier molecular flexibility index (Phi) is 5.57. The van der Waals surface area contributed by atoms with Crippen molar-refractivity contribution in [3.8, 4) is 0 Å². The number of nitrogen functional groups attached to an aromatic ring is 1. The van der Waals surface area contributed by atoms with Crippen LogP contribution < -0.4 is 11.1 Å². The monoisotopic (exact) mass is 365 g/mol. The number of rotatable bonds is 5. The highest BCUT2D eigenvalue weighted by atomic mass is 16.4. The molecule has 0 aromatic heterocycles. The van der Waals surface area contributed by atoms with Crippen LogP contribution in [0.4, 0.5) is 11.4 Å². The standard InChI is InChI=1S/C21H23N3O3/c1-24-12-16(17(13-24)21(26)27)15-9-6-14(7-10-15)8-11-20(25)23-19-5-3-2-4-18(19)22/h2-11,16-17H,12-13,22H2,1H3,(H,23,25)(H,26,27)/b11-8+. The van der Waals surface area contributed by atoms with Crippen molar-refractivity contribution in [2.75, 3.05) is 31.2 Å². The number of aliphatic carboxylic acids is 1. The first kappa shape index (κ1) is 18.7. The molecular formula is C21H23N3O3. The molecule has 1 saturated heterocycles. The van der Waals surface area contributed by atoms with Gasteiger partial charge in [-0.15, -0.1) is 0 Å². The molecule has 2 aromatic carbocycles. The van der Waals surface area contributed by atoms with Gasteiger partial charge in [-0.3, -0.25) is 9.59 Å². The van der Waals surface area contributed by atoms with Crippen LogP contribution in [0.5, 0.6) is 0 Å². The van der Waals surface area contributed by atoms with Gasteiger partial charge in [0.15, 0.2) is 0 Å². The van der Waals surface area contributed by atoms with E-state index in [-0.39, 0.29) is 11.8 Å². The number of amides is 1. The summed E-state index contributed by atoms with van der Waals surface area (Å²) in [5, 5.41) is 12.2. The number of benzene rings is 2. The van der Waals surface area contributed by atoms with Crippen molar-refractivity contribution < 1.29 is 14.7 Å². The number of likely N-dealkylation sites (tertiary alicyclic amines) is 1. The molecule has 6 nitrogen and oxygen atoms in total. The second-order valence-corrected chi connectivity index (χ2v) is 6.85. The van der Waals surface area contributed by atoms with Crippen LogP contribution >= 0.6 is 0 Å². The number of carboxylic acids is 1. The molecule has 0 spiro atoms. The van der Waals surface area contributed by atoms with E-state index in [1.54, 1.807) is 30.3 Å². The molecule has 27 heavy (non-hydrogen) atoms. The van der Waals surface area contributed by atoms with Gasteiger partial charge in [-0.25, -0.2) is 0 Å². The number of para-hydroxylation sites is 2. The van der Waals surface area contributed by atoms with Gasteiger partial charge in [-0.2, -0.15) is 0 Å². The SMILES string of the molecule is CN1CC(C(=O)O)C(c2ccc(/C=C/C(=O)Nc3ccccc3N)cc2)C1. The number of likely N-dealkylation sites (N-methyl/N-ethyl adjacent to an activating group) is 1. The Labute approximate surface area is 158 Å². The highest BCUT2D eigenvalue weighted by Crippen LogP contribution is 2.32. The van der Waals surface area contributed by atoms with Gasteiger partial charge in [0.05, 0.1) is 17.3 Å². The molecule has 3 rings (SSSR count). The lowest BCUT2D eigenvalue weighted by Crippen LogP contribution is -2.21. The maximum Gasteiger partial charge on any atom is 0.308 e. The number of carboxylic acid groups (broad SMARTS) is 1. The Balaban J connectivity index is 1.65. The zero-order chi connectivity index (χ0) is 19.4. The molecule has 1 heterocycles. The van der Waals surface area contributed by atoms with E-state index in [2.05, 4.69) is 5.32 Å². The maximum absolute atomic E-state index is 12.0. The van der Waals surface area contributed by atoms with Gasteiger partial charge in [0.2, 0.25) is 5.91 Å². The summed E-state index contributed by atoms with van der Waals surface area (Å²) in [5.41, 5.74) is 8.77. The van der Waals surface area contributed by atoms with Gasteiger partial charge in [-0.1, -0.05) is 36.4 Å². The Hall–Kier alpha value is -3.12. The lowest BCUT2D eigenvalue weighted by Gasteiger charge is -2.15. The summed E-state index contributed by atoms with van der Waals surface area (Å²) in [4.78, 5) is 25.5. The molecule has 1 amide bonds. The number of hydrogen-bond donors (Lipinski definition) is 3. The molecule has 2 unspecified atom stereocenters. The zero-order valence-electron chi connectivity index (χ0n) is 15.1. The molecule has 140 valence electrons. The van der Waals surface area contributed by atoms with Crippen LogP contribution in [0.3, 0.4) is 0 Å². The summed E-state index contributed by atoms with van der Waals surface area (Å²) in [5.74, 6) is -1.43. The predicted molar refractivity (Wildman–Crippen MR) is 106 cm³/mol. The van der Waals surface area contributed by atoms with Gasteiger partial charge < -0.3 is 21.1 Å². The van der Waals surface area contributed by atoms with Crippen LogP contribution in [0.15, 0.2) is 54.6 Å². The van der Waals surface area contributed by atoms with Crippen molar-refractivity contribution in [2.24, 2.45) is 5.92 Å². The number of nitrogens with zero attached hydrogens (tertiary/aromatic N) is 1. The third-order valence-corrected chi connectivity index (χ3v) is 4.83. The third-order valence-electron chi connectivity index (χ3n) is 4.83. The molecule has 4 N–H and O–H groups in total. The Morgan fingerprint density at radius 3 is 2.52 bits per heavy atom. The number of nitrogens with one attached hydrogen (secondary N) is 1. The number of nitrogens with two attached hydrogens (primary N) is 1. The Morgan fingerprint density at radius 2 is 1.85 bits per heavy atom. The van der Waals surface area contributed by atoms with Gasteiger partial charge in [0.25, 0.3) is 0 Å². The first-order chi connectivity index (χ1) is 12.9. The first-order valence-corrected chi connectivity index (χ1v) is 8.79. The van der Waals surface area contributed by atoms with Crippen LogP contribution in [0.25, 0.3) is 6.08 Å². The van der Waals surface area contributed by atoms with E-state index in [9.17, 15) is 14.7 Å². The lowest BCUT2D eigenvalue weighted by molar-refractivity contribution is -0.141. The third kappa shape index (κ3) is 4.54. The highest BCUT2D eigenvalue weighted by Gasteiger charge is 2.36. The molecular weight excluding hydrogens is 342 g/mol. The number of carbonyl (C=O) groups excluding carboxylic acids is 1. The predicted octanol–water partition coefficient (Wildman–Crippen LogP) is 2.65. The Bertz CT molecular complexity index is 861. The smallest absolute Gasteiger partial charge is 0.308 e. The average Bonchev–Trinajstić information content (AvgIpc) is 3.04. The van der Waals surface area contributed by atoms with E-state index in [1.165, 1.54) is 6.08 Å². The van der Waals surface area contributed by atoms with Crippen molar-refractivity contribution in [3.05, 3.63) is 65.7 Å². The lowest BCUT2D eigenvalue weighted by atomic mass is 9.88. The normalized spacial score (nSPS) is 20.0. The van der Waals surface area contributed by atoms with Crippen LogP contribution in [-0.2, 0) is 9.59 Å². The van der Waals surface area contributed by atoms with Crippen molar-refractivity contribution in [3.63, 3.8) is 0 Å². The van der Waals surface area contributed by atoms with Crippen LogP contribution in [0, 0.1) is 5.92 Å². The topological polar surface area (TPSA) is 95.7 Å². The van der Waals surface area contributed by atoms with Crippen LogP contribution in [0.2, 0.25) is 0 Å².